The zero-order valence-electron chi connectivity index (χ0n) is 14.0. The molecule has 1 aromatic carbocycles. The fraction of sp³-hybridized carbons (Fsp3) is 0.556. The Hall–Kier alpha value is -2.05. The molecule has 4 nitrogen and oxygen atoms in total. The number of hydrogen-bond donors (Lipinski definition) is 2. The van der Waals surface area contributed by atoms with Crippen LogP contribution in [0.4, 0.5) is 13.2 Å². The van der Waals surface area contributed by atoms with Crippen LogP contribution in [0.25, 0.3) is 0 Å². The number of nitrogens with one attached hydrogen (secondary N) is 1. The van der Waals surface area contributed by atoms with Crippen molar-refractivity contribution in [1.29, 1.82) is 0 Å². The standard InChI is InChI=1S/C18H22F3NO3/c1-11(12-5-7-15(8-6-12)18(19,20)21)10-22-16(23)13-3-2-4-14(9-13)17(24)25/h5-8,11,13-14H,2-4,9-10H2,1H3,(H,22,23)(H,24,25). The van der Waals surface area contributed by atoms with Crippen LogP contribution in [0.2, 0.25) is 0 Å². The van der Waals surface area contributed by atoms with Gasteiger partial charge in [0.25, 0.3) is 0 Å². The van der Waals surface area contributed by atoms with Gasteiger partial charge in [0.15, 0.2) is 0 Å². The monoisotopic (exact) mass is 357 g/mol. The molecule has 0 saturated heterocycles. The molecule has 3 unspecified atom stereocenters. The first-order valence-corrected chi connectivity index (χ1v) is 8.36. The maximum atomic E-state index is 12.6. The molecule has 3 atom stereocenters. The summed E-state index contributed by atoms with van der Waals surface area (Å²) in [6.45, 7) is 2.13. The first-order valence-electron chi connectivity index (χ1n) is 8.36. The van der Waals surface area contributed by atoms with Crippen LogP contribution >= 0.6 is 0 Å². The molecule has 0 aliphatic heterocycles. The van der Waals surface area contributed by atoms with Gasteiger partial charge in [-0.3, -0.25) is 9.59 Å². The number of alkyl halides is 3. The van der Waals surface area contributed by atoms with E-state index >= 15 is 0 Å². The third kappa shape index (κ3) is 5.21. The van der Waals surface area contributed by atoms with Crippen molar-refractivity contribution >= 4 is 11.9 Å². The Morgan fingerprint density at radius 1 is 1.20 bits per heavy atom. The molecule has 7 heteroatoms. The summed E-state index contributed by atoms with van der Waals surface area (Å²) in [5.41, 5.74) is 0.00904. The number of carbonyl (C=O) groups excluding carboxylic acids is 1. The van der Waals surface area contributed by atoms with Crippen LogP contribution < -0.4 is 5.32 Å². The Bertz CT molecular complexity index is 613. The zero-order valence-corrected chi connectivity index (χ0v) is 14.0. The summed E-state index contributed by atoms with van der Waals surface area (Å²) in [4.78, 5) is 23.3. The number of benzene rings is 1. The van der Waals surface area contributed by atoms with E-state index in [-0.39, 0.29) is 17.7 Å². The molecule has 1 aliphatic carbocycles. The SMILES string of the molecule is CC(CNC(=O)C1CCCC(C(=O)O)C1)c1ccc(C(F)(F)F)cc1. The van der Waals surface area contributed by atoms with E-state index in [1.807, 2.05) is 6.92 Å². The number of carboxylic acids is 1. The van der Waals surface area contributed by atoms with Crippen molar-refractivity contribution in [3.63, 3.8) is 0 Å². The molecule has 2 N–H and O–H groups in total. The van der Waals surface area contributed by atoms with Gasteiger partial charge in [-0.1, -0.05) is 25.5 Å². The highest BCUT2D eigenvalue weighted by atomic mass is 19.4. The van der Waals surface area contributed by atoms with Gasteiger partial charge in [0.05, 0.1) is 11.5 Å². The number of rotatable bonds is 5. The fourth-order valence-electron chi connectivity index (χ4n) is 3.17. The van der Waals surface area contributed by atoms with Gasteiger partial charge in [-0.25, -0.2) is 0 Å². The highest BCUT2D eigenvalue weighted by Gasteiger charge is 2.31. The van der Waals surface area contributed by atoms with E-state index in [0.29, 0.717) is 37.8 Å². The minimum Gasteiger partial charge on any atom is -0.481 e. The molecule has 0 bridgehead atoms. The molecule has 0 aromatic heterocycles. The molecule has 138 valence electrons. The zero-order chi connectivity index (χ0) is 18.6. The van der Waals surface area contributed by atoms with Gasteiger partial charge < -0.3 is 10.4 Å². The van der Waals surface area contributed by atoms with Crippen molar-refractivity contribution in [2.24, 2.45) is 11.8 Å². The molecule has 2 rings (SSSR count). The fourth-order valence-corrected chi connectivity index (χ4v) is 3.17. The maximum Gasteiger partial charge on any atom is 0.416 e. The smallest absolute Gasteiger partial charge is 0.416 e. The van der Waals surface area contributed by atoms with Gasteiger partial charge in [0, 0.05) is 12.5 Å². The molecular formula is C18H22F3NO3. The minimum absolute atomic E-state index is 0.134. The van der Waals surface area contributed by atoms with Crippen LogP contribution in [0.1, 0.15) is 49.7 Å². The Balaban J connectivity index is 1.87. The van der Waals surface area contributed by atoms with E-state index in [2.05, 4.69) is 5.32 Å². The molecule has 0 radical (unpaired) electrons. The molecular weight excluding hydrogens is 335 g/mol. The van der Waals surface area contributed by atoms with E-state index in [1.54, 1.807) is 0 Å². The second kappa shape index (κ2) is 7.89. The van der Waals surface area contributed by atoms with Crippen LogP contribution in [0.5, 0.6) is 0 Å². The van der Waals surface area contributed by atoms with Gasteiger partial charge >= 0.3 is 12.1 Å². The molecule has 0 spiro atoms. The lowest BCUT2D eigenvalue weighted by Gasteiger charge is -2.26. The summed E-state index contributed by atoms with van der Waals surface area (Å²) in [5, 5.41) is 11.9. The Morgan fingerprint density at radius 3 is 2.36 bits per heavy atom. The van der Waals surface area contributed by atoms with Crippen molar-refractivity contribution in [3.05, 3.63) is 35.4 Å². The second-order valence-electron chi connectivity index (χ2n) is 6.66. The maximum absolute atomic E-state index is 12.6. The number of carbonyl (C=O) groups is 2. The Labute approximate surface area is 144 Å². The van der Waals surface area contributed by atoms with Gasteiger partial charge in [0.2, 0.25) is 5.91 Å². The lowest BCUT2D eigenvalue weighted by Crippen LogP contribution is -2.37. The topological polar surface area (TPSA) is 66.4 Å². The molecule has 25 heavy (non-hydrogen) atoms. The molecule has 1 aliphatic rings. The summed E-state index contributed by atoms with van der Waals surface area (Å²) >= 11 is 0. The van der Waals surface area contributed by atoms with Crippen molar-refractivity contribution in [3.8, 4) is 0 Å². The summed E-state index contributed by atoms with van der Waals surface area (Å²) in [6.07, 6.45) is -2.04. The molecule has 1 fully saturated rings. The molecule has 1 saturated carbocycles. The summed E-state index contributed by atoms with van der Waals surface area (Å²) in [7, 11) is 0. The van der Waals surface area contributed by atoms with Crippen molar-refractivity contribution < 1.29 is 27.9 Å². The highest BCUT2D eigenvalue weighted by molar-refractivity contribution is 5.80. The number of halogens is 3. The van der Waals surface area contributed by atoms with Crippen molar-refractivity contribution in [1.82, 2.24) is 5.32 Å². The van der Waals surface area contributed by atoms with E-state index in [1.165, 1.54) is 12.1 Å². The van der Waals surface area contributed by atoms with Gasteiger partial charge in [0.1, 0.15) is 0 Å². The van der Waals surface area contributed by atoms with Crippen molar-refractivity contribution in [2.75, 3.05) is 6.54 Å². The number of carboxylic acid groups (broad SMARTS) is 1. The van der Waals surface area contributed by atoms with Crippen LogP contribution in [-0.4, -0.2) is 23.5 Å². The molecule has 0 heterocycles. The normalized spacial score (nSPS) is 22.2. The first kappa shape index (κ1) is 19.3. The van der Waals surface area contributed by atoms with Crippen LogP contribution in [0.3, 0.4) is 0 Å². The lowest BCUT2D eigenvalue weighted by atomic mass is 9.81. The van der Waals surface area contributed by atoms with Crippen LogP contribution in [0, 0.1) is 11.8 Å². The number of aliphatic carboxylic acids is 1. The number of hydrogen-bond acceptors (Lipinski definition) is 2. The third-order valence-corrected chi connectivity index (χ3v) is 4.78. The summed E-state index contributed by atoms with van der Waals surface area (Å²) < 4.78 is 37.7. The van der Waals surface area contributed by atoms with E-state index in [9.17, 15) is 22.8 Å². The molecule has 1 aromatic rings. The predicted octanol–water partition coefficient (Wildman–Crippen LogP) is 3.82. The number of amides is 1. The quantitative estimate of drug-likeness (QED) is 0.842. The lowest BCUT2D eigenvalue weighted by molar-refractivity contribution is -0.144. The third-order valence-electron chi connectivity index (χ3n) is 4.78. The summed E-state index contributed by atoms with van der Waals surface area (Å²) in [5.74, 6) is -1.96. The van der Waals surface area contributed by atoms with Gasteiger partial charge in [-0.15, -0.1) is 0 Å². The second-order valence-corrected chi connectivity index (χ2v) is 6.66. The Morgan fingerprint density at radius 2 is 1.80 bits per heavy atom. The first-order chi connectivity index (χ1) is 11.7. The van der Waals surface area contributed by atoms with Gasteiger partial charge in [-0.05, 0) is 42.9 Å². The van der Waals surface area contributed by atoms with Crippen LogP contribution in [-0.2, 0) is 15.8 Å². The highest BCUT2D eigenvalue weighted by Crippen LogP contribution is 2.31. The summed E-state index contributed by atoms with van der Waals surface area (Å²) in [6, 6.07) is 4.90. The van der Waals surface area contributed by atoms with E-state index in [4.69, 9.17) is 5.11 Å². The minimum atomic E-state index is -4.36. The van der Waals surface area contributed by atoms with E-state index < -0.39 is 23.6 Å². The van der Waals surface area contributed by atoms with Crippen LogP contribution in [0.15, 0.2) is 24.3 Å². The van der Waals surface area contributed by atoms with Gasteiger partial charge in [-0.2, -0.15) is 13.2 Å². The largest absolute Gasteiger partial charge is 0.481 e. The van der Waals surface area contributed by atoms with E-state index in [0.717, 1.165) is 12.1 Å². The average Bonchev–Trinajstić information content (AvgIpc) is 2.58. The Kier molecular flexibility index (Phi) is 6.08. The molecule has 1 amide bonds. The average molecular weight is 357 g/mol. The van der Waals surface area contributed by atoms with Crippen molar-refractivity contribution in [2.45, 2.75) is 44.7 Å². The predicted molar refractivity (Wildman–Crippen MR) is 86.0 cm³/mol.